The summed E-state index contributed by atoms with van der Waals surface area (Å²) in [6, 6.07) is 6.36. The van der Waals surface area contributed by atoms with Gasteiger partial charge in [0.25, 0.3) is 0 Å². The van der Waals surface area contributed by atoms with Crippen molar-refractivity contribution in [2.45, 2.75) is 19.4 Å². The van der Waals surface area contributed by atoms with Gasteiger partial charge in [-0.3, -0.25) is 0 Å². The maximum atomic E-state index is 12.6. The summed E-state index contributed by atoms with van der Waals surface area (Å²) in [4.78, 5) is 0. The molecule has 78 valence electrons. The van der Waals surface area contributed by atoms with Crippen LogP contribution in [0.3, 0.4) is 0 Å². The number of hydrogen-bond acceptors (Lipinski definition) is 2. The second-order valence-corrected chi connectivity index (χ2v) is 3.21. The van der Waals surface area contributed by atoms with E-state index in [2.05, 4.69) is 0 Å². The van der Waals surface area contributed by atoms with Gasteiger partial charge in [-0.1, -0.05) is 12.1 Å². The predicted molar refractivity (Wildman–Crippen MR) is 54.4 cm³/mol. The molecule has 0 saturated carbocycles. The number of nitrogens with two attached hydrogens (primary N) is 1. The van der Waals surface area contributed by atoms with Crippen molar-refractivity contribution in [3.05, 3.63) is 35.6 Å². The maximum absolute atomic E-state index is 12.6. The number of hydrogen-bond donors (Lipinski definition) is 1. The third-order valence-corrected chi connectivity index (χ3v) is 2.06. The summed E-state index contributed by atoms with van der Waals surface area (Å²) in [5, 5.41) is 0. The average Bonchev–Trinajstić information content (AvgIpc) is 2.19. The molecule has 3 heteroatoms. The van der Waals surface area contributed by atoms with Crippen molar-refractivity contribution in [2.75, 3.05) is 13.2 Å². The van der Waals surface area contributed by atoms with E-state index in [0.29, 0.717) is 13.2 Å². The smallest absolute Gasteiger partial charge is 0.123 e. The van der Waals surface area contributed by atoms with Gasteiger partial charge in [0.1, 0.15) is 5.82 Å². The lowest BCUT2D eigenvalue weighted by atomic mass is 10.1. The van der Waals surface area contributed by atoms with Gasteiger partial charge in [-0.2, -0.15) is 0 Å². The van der Waals surface area contributed by atoms with Gasteiger partial charge in [-0.05, 0) is 37.6 Å². The molecule has 2 N–H and O–H groups in total. The Bertz CT molecular complexity index is 260. The minimum absolute atomic E-state index is 0.00199. The summed E-state index contributed by atoms with van der Waals surface area (Å²) in [5.74, 6) is -0.220. The largest absolute Gasteiger partial charge is 0.374 e. The Balaban J connectivity index is 2.43. The van der Waals surface area contributed by atoms with Crippen molar-refractivity contribution in [1.82, 2.24) is 0 Å². The third kappa shape index (κ3) is 3.44. The summed E-state index contributed by atoms with van der Waals surface area (Å²) in [6.07, 6.45) is 0.855. The molecule has 1 aromatic carbocycles. The SMILES string of the molecule is CC(OCCCN)c1ccc(F)cc1. The van der Waals surface area contributed by atoms with E-state index in [1.807, 2.05) is 6.92 Å². The molecule has 0 aliphatic heterocycles. The first kappa shape index (κ1) is 11.1. The molecule has 0 saturated heterocycles. The minimum atomic E-state index is -0.220. The molecular formula is C11H16FNO. The summed E-state index contributed by atoms with van der Waals surface area (Å²) >= 11 is 0. The van der Waals surface area contributed by atoms with Crippen molar-refractivity contribution >= 4 is 0 Å². The van der Waals surface area contributed by atoms with Gasteiger partial charge in [0, 0.05) is 6.61 Å². The van der Waals surface area contributed by atoms with Gasteiger partial charge in [0.2, 0.25) is 0 Å². The predicted octanol–water partition coefficient (Wildman–Crippen LogP) is 2.25. The van der Waals surface area contributed by atoms with E-state index in [-0.39, 0.29) is 11.9 Å². The van der Waals surface area contributed by atoms with Crippen LogP contribution in [0.5, 0.6) is 0 Å². The molecule has 14 heavy (non-hydrogen) atoms. The second kappa shape index (κ2) is 5.73. The molecule has 0 aromatic heterocycles. The molecule has 0 fully saturated rings. The van der Waals surface area contributed by atoms with Crippen LogP contribution >= 0.6 is 0 Å². The van der Waals surface area contributed by atoms with Gasteiger partial charge in [0.15, 0.2) is 0 Å². The highest BCUT2D eigenvalue weighted by Gasteiger charge is 2.04. The van der Waals surface area contributed by atoms with Crippen LogP contribution < -0.4 is 5.73 Å². The van der Waals surface area contributed by atoms with Crippen LogP contribution in [-0.4, -0.2) is 13.2 Å². The zero-order valence-electron chi connectivity index (χ0n) is 8.37. The highest BCUT2D eigenvalue weighted by Crippen LogP contribution is 2.16. The number of halogens is 1. The van der Waals surface area contributed by atoms with Crippen molar-refractivity contribution in [3.8, 4) is 0 Å². The van der Waals surface area contributed by atoms with Gasteiger partial charge < -0.3 is 10.5 Å². The molecular weight excluding hydrogens is 181 g/mol. The molecule has 0 aliphatic carbocycles. The molecule has 1 rings (SSSR count). The Morgan fingerprint density at radius 1 is 1.36 bits per heavy atom. The van der Waals surface area contributed by atoms with Crippen molar-refractivity contribution in [3.63, 3.8) is 0 Å². The fourth-order valence-corrected chi connectivity index (χ4v) is 1.17. The van der Waals surface area contributed by atoms with E-state index in [0.717, 1.165) is 12.0 Å². The van der Waals surface area contributed by atoms with Crippen molar-refractivity contribution < 1.29 is 9.13 Å². The molecule has 0 aliphatic rings. The monoisotopic (exact) mass is 197 g/mol. The first-order valence-corrected chi connectivity index (χ1v) is 4.81. The van der Waals surface area contributed by atoms with Gasteiger partial charge in [-0.15, -0.1) is 0 Å². The number of benzene rings is 1. The van der Waals surface area contributed by atoms with E-state index in [1.165, 1.54) is 12.1 Å². The Kier molecular flexibility index (Phi) is 4.56. The summed E-state index contributed by atoms with van der Waals surface area (Å²) in [5.41, 5.74) is 6.33. The first-order chi connectivity index (χ1) is 6.74. The zero-order chi connectivity index (χ0) is 10.4. The van der Waals surface area contributed by atoms with E-state index in [4.69, 9.17) is 10.5 Å². The summed E-state index contributed by atoms with van der Waals surface area (Å²) in [6.45, 7) is 3.23. The fourth-order valence-electron chi connectivity index (χ4n) is 1.17. The van der Waals surface area contributed by atoms with Crippen LogP contribution in [0.15, 0.2) is 24.3 Å². The first-order valence-electron chi connectivity index (χ1n) is 4.81. The normalized spacial score (nSPS) is 12.8. The maximum Gasteiger partial charge on any atom is 0.123 e. The van der Waals surface area contributed by atoms with Gasteiger partial charge in [-0.25, -0.2) is 4.39 Å². The molecule has 1 aromatic rings. The lowest BCUT2D eigenvalue weighted by molar-refractivity contribution is 0.0651. The molecule has 0 amide bonds. The Morgan fingerprint density at radius 3 is 2.57 bits per heavy atom. The van der Waals surface area contributed by atoms with Gasteiger partial charge in [0.05, 0.1) is 6.10 Å². The third-order valence-electron chi connectivity index (χ3n) is 2.06. The van der Waals surface area contributed by atoms with Crippen LogP contribution in [0.2, 0.25) is 0 Å². The van der Waals surface area contributed by atoms with Crippen LogP contribution in [0.1, 0.15) is 25.0 Å². The standard InChI is InChI=1S/C11H16FNO/c1-9(14-8-2-7-13)10-3-5-11(12)6-4-10/h3-6,9H,2,7-8,13H2,1H3. The number of rotatable bonds is 5. The Labute approximate surface area is 83.9 Å². The van der Waals surface area contributed by atoms with E-state index in [9.17, 15) is 4.39 Å². The van der Waals surface area contributed by atoms with Gasteiger partial charge >= 0.3 is 0 Å². The van der Waals surface area contributed by atoms with Crippen LogP contribution in [0.4, 0.5) is 4.39 Å². The highest BCUT2D eigenvalue weighted by molar-refractivity contribution is 5.17. The molecule has 0 spiro atoms. The van der Waals surface area contributed by atoms with Crippen molar-refractivity contribution in [1.29, 1.82) is 0 Å². The molecule has 0 radical (unpaired) electrons. The fraction of sp³-hybridized carbons (Fsp3) is 0.455. The Morgan fingerprint density at radius 2 is 2.00 bits per heavy atom. The average molecular weight is 197 g/mol. The van der Waals surface area contributed by atoms with Crippen molar-refractivity contribution in [2.24, 2.45) is 5.73 Å². The topological polar surface area (TPSA) is 35.2 Å². The molecule has 1 unspecified atom stereocenters. The van der Waals surface area contributed by atoms with Crippen LogP contribution in [0, 0.1) is 5.82 Å². The molecule has 1 atom stereocenters. The van der Waals surface area contributed by atoms with E-state index in [1.54, 1.807) is 12.1 Å². The summed E-state index contributed by atoms with van der Waals surface area (Å²) in [7, 11) is 0. The zero-order valence-corrected chi connectivity index (χ0v) is 8.37. The minimum Gasteiger partial charge on any atom is -0.374 e. The Hall–Kier alpha value is -0.930. The molecule has 0 bridgehead atoms. The van der Waals surface area contributed by atoms with E-state index < -0.39 is 0 Å². The molecule has 2 nitrogen and oxygen atoms in total. The number of ether oxygens (including phenoxy) is 1. The highest BCUT2D eigenvalue weighted by atomic mass is 19.1. The second-order valence-electron chi connectivity index (χ2n) is 3.21. The quantitative estimate of drug-likeness (QED) is 0.735. The summed E-state index contributed by atoms with van der Waals surface area (Å²) < 4.78 is 18.1. The lowest BCUT2D eigenvalue weighted by Crippen LogP contribution is -2.07. The van der Waals surface area contributed by atoms with E-state index >= 15 is 0 Å². The molecule has 0 heterocycles. The van der Waals surface area contributed by atoms with Crippen LogP contribution in [-0.2, 0) is 4.74 Å². The lowest BCUT2D eigenvalue weighted by Gasteiger charge is -2.12. The van der Waals surface area contributed by atoms with Crippen LogP contribution in [0.25, 0.3) is 0 Å².